The van der Waals surface area contributed by atoms with E-state index in [0.29, 0.717) is 38.8 Å². The standard InChI is InChI=1S/C18H31NO6/c1-17(2,3)25-16(22)19-12-10-18(11-13-19,8-6-14(20)23-4)9-7-15(21)24-5/h6-13H2,1-5H3. The van der Waals surface area contributed by atoms with Crippen LogP contribution in [0.4, 0.5) is 4.79 Å². The number of carbonyl (C=O) groups excluding carboxylic acids is 3. The van der Waals surface area contributed by atoms with Gasteiger partial charge in [0, 0.05) is 25.9 Å². The molecular formula is C18H31NO6. The van der Waals surface area contributed by atoms with Crippen LogP contribution in [0.25, 0.3) is 0 Å². The molecule has 0 unspecified atom stereocenters. The molecule has 0 radical (unpaired) electrons. The van der Waals surface area contributed by atoms with Crippen LogP contribution >= 0.6 is 0 Å². The summed E-state index contributed by atoms with van der Waals surface area (Å²) in [6, 6.07) is 0. The maximum absolute atomic E-state index is 12.2. The molecule has 25 heavy (non-hydrogen) atoms. The lowest BCUT2D eigenvalue weighted by molar-refractivity contribution is -0.142. The molecule has 0 spiro atoms. The molecule has 7 nitrogen and oxygen atoms in total. The van der Waals surface area contributed by atoms with Crippen molar-refractivity contribution in [2.75, 3.05) is 27.3 Å². The molecule has 0 N–H and O–H groups in total. The topological polar surface area (TPSA) is 82.1 Å². The number of esters is 2. The van der Waals surface area contributed by atoms with E-state index in [1.165, 1.54) is 14.2 Å². The molecule has 1 heterocycles. The lowest BCUT2D eigenvalue weighted by atomic mass is 9.71. The van der Waals surface area contributed by atoms with Gasteiger partial charge in [0.1, 0.15) is 5.60 Å². The summed E-state index contributed by atoms with van der Waals surface area (Å²) in [6.45, 7) is 6.62. The summed E-state index contributed by atoms with van der Waals surface area (Å²) < 4.78 is 14.9. The van der Waals surface area contributed by atoms with Crippen molar-refractivity contribution in [3.05, 3.63) is 0 Å². The Morgan fingerprint density at radius 2 is 1.36 bits per heavy atom. The molecule has 1 fully saturated rings. The minimum atomic E-state index is -0.526. The normalized spacial score (nSPS) is 16.9. The lowest BCUT2D eigenvalue weighted by Crippen LogP contribution is -2.45. The Balaban J connectivity index is 2.68. The predicted octanol–water partition coefficient (Wildman–Crippen LogP) is 2.91. The quantitative estimate of drug-likeness (QED) is 0.537. The fourth-order valence-electron chi connectivity index (χ4n) is 3.05. The Bertz CT molecular complexity index is 452. The van der Waals surface area contributed by atoms with E-state index in [1.807, 2.05) is 20.8 Å². The zero-order valence-electron chi connectivity index (χ0n) is 16.1. The van der Waals surface area contributed by atoms with Crippen LogP contribution < -0.4 is 0 Å². The number of carbonyl (C=O) groups is 3. The number of amides is 1. The maximum atomic E-state index is 12.2. The second-order valence-corrected chi connectivity index (χ2v) is 7.62. The number of nitrogens with zero attached hydrogens (tertiary/aromatic N) is 1. The van der Waals surface area contributed by atoms with Gasteiger partial charge in [-0.25, -0.2) is 4.79 Å². The van der Waals surface area contributed by atoms with Gasteiger partial charge in [0.2, 0.25) is 0 Å². The van der Waals surface area contributed by atoms with E-state index in [2.05, 4.69) is 0 Å². The molecule has 0 aliphatic carbocycles. The van der Waals surface area contributed by atoms with E-state index in [4.69, 9.17) is 14.2 Å². The van der Waals surface area contributed by atoms with Crippen LogP contribution in [0, 0.1) is 5.41 Å². The molecule has 1 aliphatic rings. The maximum Gasteiger partial charge on any atom is 0.410 e. The smallest absolute Gasteiger partial charge is 0.410 e. The van der Waals surface area contributed by atoms with Crippen molar-refractivity contribution in [1.29, 1.82) is 0 Å². The minimum Gasteiger partial charge on any atom is -0.469 e. The fourth-order valence-corrected chi connectivity index (χ4v) is 3.05. The molecule has 1 rings (SSSR count). The van der Waals surface area contributed by atoms with Crippen molar-refractivity contribution >= 4 is 18.0 Å². The largest absolute Gasteiger partial charge is 0.469 e. The Hall–Kier alpha value is -1.79. The first kappa shape index (κ1) is 21.3. The number of methoxy groups -OCH3 is 2. The third kappa shape index (κ3) is 7.32. The van der Waals surface area contributed by atoms with E-state index in [1.54, 1.807) is 4.90 Å². The molecule has 7 heteroatoms. The molecular weight excluding hydrogens is 326 g/mol. The highest BCUT2D eigenvalue weighted by Crippen LogP contribution is 2.41. The Morgan fingerprint density at radius 3 is 1.72 bits per heavy atom. The van der Waals surface area contributed by atoms with Crippen LogP contribution in [0.1, 0.15) is 59.3 Å². The first-order valence-corrected chi connectivity index (χ1v) is 8.72. The minimum absolute atomic E-state index is 0.166. The van der Waals surface area contributed by atoms with Gasteiger partial charge in [-0.05, 0) is 51.9 Å². The van der Waals surface area contributed by atoms with Gasteiger partial charge in [0.25, 0.3) is 0 Å². The molecule has 0 aromatic rings. The van der Waals surface area contributed by atoms with Crippen LogP contribution in [0.15, 0.2) is 0 Å². The van der Waals surface area contributed by atoms with Crippen LogP contribution in [0.3, 0.4) is 0 Å². The van der Waals surface area contributed by atoms with E-state index in [9.17, 15) is 14.4 Å². The van der Waals surface area contributed by atoms with Gasteiger partial charge in [-0.3, -0.25) is 9.59 Å². The summed E-state index contributed by atoms with van der Waals surface area (Å²) in [5.74, 6) is -0.515. The van der Waals surface area contributed by atoms with Crippen molar-refractivity contribution in [2.24, 2.45) is 5.41 Å². The zero-order valence-corrected chi connectivity index (χ0v) is 16.1. The SMILES string of the molecule is COC(=O)CCC1(CCC(=O)OC)CCN(C(=O)OC(C)(C)C)CC1. The summed E-state index contributed by atoms with van der Waals surface area (Å²) in [5, 5.41) is 0. The van der Waals surface area contributed by atoms with Gasteiger partial charge >= 0.3 is 18.0 Å². The van der Waals surface area contributed by atoms with E-state index < -0.39 is 5.60 Å². The molecule has 144 valence electrons. The highest BCUT2D eigenvalue weighted by atomic mass is 16.6. The summed E-state index contributed by atoms with van der Waals surface area (Å²) in [6.07, 6.45) is 3.02. The van der Waals surface area contributed by atoms with Crippen molar-refractivity contribution in [3.8, 4) is 0 Å². The summed E-state index contributed by atoms with van der Waals surface area (Å²) in [5.41, 5.74) is -0.692. The van der Waals surface area contributed by atoms with Crippen molar-refractivity contribution in [3.63, 3.8) is 0 Å². The van der Waals surface area contributed by atoms with Gasteiger partial charge < -0.3 is 19.1 Å². The van der Waals surface area contributed by atoms with Gasteiger partial charge in [0.05, 0.1) is 14.2 Å². The second kappa shape index (κ2) is 9.06. The number of ether oxygens (including phenoxy) is 3. The lowest BCUT2D eigenvalue weighted by Gasteiger charge is -2.42. The van der Waals surface area contributed by atoms with Gasteiger partial charge in [-0.2, -0.15) is 0 Å². The number of hydrogen-bond acceptors (Lipinski definition) is 6. The molecule has 0 aromatic carbocycles. The van der Waals surface area contributed by atoms with Crippen LogP contribution in [0.2, 0.25) is 0 Å². The van der Waals surface area contributed by atoms with Gasteiger partial charge in [0.15, 0.2) is 0 Å². The number of hydrogen-bond donors (Lipinski definition) is 0. The van der Waals surface area contributed by atoms with E-state index >= 15 is 0 Å². The van der Waals surface area contributed by atoms with E-state index in [-0.39, 0.29) is 23.4 Å². The summed E-state index contributed by atoms with van der Waals surface area (Å²) in [4.78, 5) is 36.9. The monoisotopic (exact) mass is 357 g/mol. The highest BCUT2D eigenvalue weighted by molar-refractivity contribution is 5.70. The molecule has 1 aliphatic heterocycles. The first-order chi connectivity index (χ1) is 11.6. The van der Waals surface area contributed by atoms with Crippen molar-refractivity contribution in [2.45, 2.75) is 64.9 Å². The average Bonchev–Trinajstić information content (AvgIpc) is 2.56. The number of piperidine rings is 1. The van der Waals surface area contributed by atoms with Crippen LogP contribution in [-0.4, -0.2) is 55.8 Å². The highest BCUT2D eigenvalue weighted by Gasteiger charge is 2.37. The third-order valence-corrected chi connectivity index (χ3v) is 4.65. The molecule has 0 bridgehead atoms. The second-order valence-electron chi connectivity index (χ2n) is 7.62. The third-order valence-electron chi connectivity index (χ3n) is 4.65. The average molecular weight is 357 g/mol. The molecule has 0 aromatic heterocycles. The molecule has 0 atom stereocenters. The van der Waals surface area contributed by atoms with Gasteiger partial charge in [-0.1, -0.05) is 0 Å². The summed E-state index contributed by atoms with van der Waals surface area (Å²) >= 11 is 0. The van der Waals surface area contributed by atoms with Crippen LogP contribution in [-0.2, 0) is 23.8 Å². The zero-order chi connectivity index (χ0) is 19.1. The predicted molar refractivity (Wildman–Crippen MR) is 92.0 cm³/mol. The molecule has 1 saturated heterocycles. The molecule has 1 amide bonds. The number of rotatable bonds is 6. The first-order valence-electron chi connectivity index (χ1n) is 8.72. The molecule has 0 saturated carbocycles. The summed E-state index contributed by atoms with van der Waals surface area (Å²) in [7, 11) is 2.74. The Labute approximate surface area is 150 Å². The van der Waals surface area contributed by atoms with E-state index in [0.717, 1.165) is 12.8 Å². The van der Waals surface area contributed by atoms with Gasteiger partial charge in [-0.15, -0.1) is 0 Å². The number of likely N-dealkylation sites (tertiary alicyclic amines) is 1. The Kier molecular flexibility index (Phi) is 7.70. The Morgan fingerprint density at radius 1 is 0.920 bits per heavy atom. The van der Waals surface area contributed by atoms with Crippen molar-refractivity contribution < 1.29 is 28.6 Å². The fraction of sp³-hybridized carbons (Fsp3) is 0.833. The van der Waals surface area contributed by atoms with Crippen molar-refractivity contribution in [1.82, 2.24) is 4.90 Å². The van der Waals surface area contributed by atoms with Crippen LogP contribution in [0.5, 0.6) is 0 Å².